The fourth-order valence-corrected chi connectivity index (χ4v) is 3.93. The highest BCUT2D eigenvalue weighted by Gasteiger charge is 2.63. The van der Waals surface area contributed by atoms with E-state index in [0.29, 0.717) is 23.8 Å². The van der Waals surface area contributed by atoms with Crippen LogP contribution in [0.15, 0.2) is 46.7 Å². The van der Waals surface area contributed by atoms with E-state index in [2.05, 4.69) is 36.3 Å². The fourth-order valence-electron chi connectivity index (χ4n) is 3.93. The molecule has 106 valence electrons. The number of rotatable bonds is 5. The van der Waals surface area contributed by atoms with Gasteiger partial charge in [0.25, 0.3) is 0 Å². The first-order chi connectivity index (χ1) is 9.63. The molecule has 20 heavy (non-hydrogen) atoms. The van der Waals surface area contributed by atoms with Gasteiger partial charge in [0.2, 0.25) is 0 Å². The van der Waals surface area contributed by atoms with E-state index in [1.165, 1.54) is 11.1 Å². The van der Waals surface area contributed by atoms with Gasteiger partial charge in [-0.2, -0.15) is 0 Å². The Labute approximate surface area is 119 Å². The van der Waals surface area contributed by atoms with Crippen LogP contribution in [0.1, 0.15) is 13.3 Å². The van der Waals surface area contributed by atoms with E-state index in [-0.39, 0.29) is 0 Å². The third-order valence-electron chi connectivity index (χ3n) is 5.29. The molecule has 0 aromatic rings. The highest BCUT2D eigenvalue weighted by molar-refractivity contribution is 5.89. The molecule has 4 aliphatic rings. The average molecular weight is 272 g/mol. The van der Waals surface area contributed by atoms with E-state index in [0.717, 1.165) is 29.8 Å². The van der Waals surface area contributed by atoms with Crippen LogP contribution in [-0.4, -0.2) is 25.8 Å². The van der Waals surface area contributed by atoms with Gasteiger partial charge >= 0.3 is 0 Å². The van der Waals surface area contributed by atoms with E-state index in [4.69, 9.17) is 0 Å². The van der Waals surface area contributed by atoms with E-state index in [1.54, 1.807) is 0 Å². The summed E-state index contributed by atoms with van der Waals surface area (Å²) in [5.41, 5.74) is 5.79. The maximum atomic E-state index is 13.1. The summed E-state index contributed by atoms with van der Waals surface area (Å²) in [6.45, 7) is 7.39. The van der Waals surface area contributed by atoms with E-state index >= 15 is 0 Å². The molecule has 2 saturated carbocycles. The molecule has 4 aliphatic carbocycles. The van der Waals surface area contributed by atoms with Gasteiger partial charge in [0.05, 0.1) is 0 Å². The zero-order valence-electron chi connectivity index (χ0n) is 12.0. The molecule has 0 amide bonds. The molecule has 0 heterocycles. The second kappa shape index (κ2) is 4.08. The van der Waals surface area contributed by atoms with Gasteiger partial charge in [-0.1, -0.05) is 25.7 Å². The maximum absolute atomic E-state index is 13.1. The lowest BCUT2D eigenvalue weighted by atomic mass is 9.81. The standard InChI is InChI=1S/C17H21FN2/c1-8-6-10(19-3)4-5-11(8)9(2)20-7-12-13-14(12)16-15(13)17(16)18/h4-5,8,10-12,17,19-20H,2,6-7H2,1,3H3. The van der Waals surface area contributed by atoms with Crippen molar-refractivity contribution in [3.8, 4) is 0 Å². The number of hydrogen-bond donors (Lipinski definition) is 2. The van der Waals surface area contributed by atoms with Gasteiger partial charge in [0, 0.05) is 41.3 Å². The lowest BCUT2D eigenvalue weighted by molar-refractivity contribution is 0.371. The average Bonchev–Trinajstić information content (AvgIpc) is 3.19. The Bertz CT molecular complexity index is 558. The molecule has 0 aromatic heterocycles. The summed E-state index contributed by atoms with van der Waals surface area (Å²) in [6.07, 6.45) is 4.98. The first kappa shape index (κ1) is 12.4. The van der Waals surface area contributed by atoms with Gasteiger partial charge in [-0.05, 0) is 30.5 Å². The first-order valence-corrected chi connectivity index (χ1v) is 7.54. The smallest absolute Gasteiger partial charge is 0.152 e. The van der Waals surface area contributed by atoms with Crippen LogP contribution in [0.25, 0.3) is 0 Å². The van der Waals surface area contributed by atoms with Gasteiger partial charge in [0.15, 0.2) is 6.17 Å². The van der Waals surface area contributed by atoms with Crippen molar-refractivity contribution in [1.82, 2.24) is 10.6 Å². The van der Waals surface area contributed by atoms with Gasteiger partial charge in [0.1, 0.15) is 0 Å². The number of hydrogen-bond acceptors (Lipinski definition) is 2. The quantitative estimate of drug-likeness (QED) is 0.751. The number of alkyl halides is 1. The zero-order chi connectivity index (χ0) is 14.0. The number of allylic oxidation sites excluding steroid dienone is 3. The van der Waals surface area contributed by atoms with Crippen LogP contribution in [0.4, 0.5) is 4.39 Å². The minimum Gasteiger partial charge on any atom is -0.387 e. The van der Waals surface area contributed by atoms with E-state index in [9.17, 15) is 4.39 Å². The summed E-state index contributed by atoms with van der Waals surface area (Å²) in [5, 5.41) is 6.78. The summed E-state index contributed by atoms with van der Waals surface area (Å²) < 4.78 is 13.1. The van der Waals surface area contributed by atoms with Crippen molar-refractivity contribution in [1.29, 1.82) is 0 Å². The number of likely N-dealkylation sites (N-methyl/N-ethyl adjacent to an activating group) is 1. The van der Waals surface area contributed by atoms with Crippen LogP contribution in [0, 0.1) is 17.8 Å². The molecule has 0 aliphatic heterocycles. The highest BCUT2D eigenvalue weighted by Crippen LogP contribution is 2.71. The Morgan fingerprint density at radius 2 is 2.00 bits per heavy atom. The van der Waals surface area contributed by atoms with Gasteiger partial charge in [-0.3, -0.25) is 0 Å². The molecule has 0 saturated heterocycles. The molecule has 0 radical (unpaired) electrons. The number of halogens is 1. The normalized spacial score (nSPS) is 34.6. The summed E-state index contributed by atoms with van der Waals surface area (Å²) in [7, 11) is 2.01. The van der Waals surface area contributed by atoms with Crippen LogP contribution in [-0.2, 0) is 0 Å². The molecular weight excluding hydrogens is 251 g/mol. The van der Waals surface area contributed by atoms with E-state index < -0.39 is 6.17 Å². The molecule has 2 N–H and O–H groups in total. The third kappa shape index (κ3) is 1.59. The predicted molar refractivity (Wildman–Crippen MR) is 78.8 cm³/mol. The van der Waals surface area contributed by atoms with Crippen molar-refractivity contribution < 1.29 is 4.39 Å². The molecule has 3 heteroatoms. The highest BCUT2D eigenvalue weighted by atomic mass is 19.1. The SMILES string of the molecule is C=C(NCC1C2=C3C(=C21)C3F)C1C=CC(NC)CC1C. The molecule has 0 bridgehead atoms. The largest absolute Gasteiger partial charge is 0.387 e. The Morgan fingerprint density at radius 1 is 1.30 bits per heavy atom. The first-order valence-electron chi connectivity index (χ1n) is 7.54. The summed E-state index contributed by atoms with van der Waals surface area (Å²) >= 11 is 0. The van der Waals surface area contributed by atoms with Crippen LogP contribution in [0.3, 0.4) is 0 Å². The minimum absolute atomic E-state index is 0.412. The summed E-state index contributed by atoms with van der Waals surface area (Å²) in [4.78, 5) is 0. The number of fused-ring (bicyclic) bond motifs is 2. The Kier molecular flexibility index (Phi) is 2.53. The van der Waals surface area contributed by atoms with Crippen LogP contribution < -0.4 is 10.6 Å². The fraction of sp³-hybridized carbons (Fsp3) is 0.529. The molecule has 2 fully saturated rings. The predicted octanol–water partition coefficient (Wildman–Crippen LogP) is 2.48. The molecule has 3 unspecified atom stereocenters. The maximum Gasteiger partial charge on any atom is 0.152 e. The molecule has 4 rings (SSSR count). The topological polar surface area (TPSA) is 24.1 Å². The lowest BCUT2D eigenvalue weighted by Gasteiger charge is -2.31. The molecule has 0 spiro atoms. The van der Waals surface area contributed by atoms with Crippen molar-refractivity contribution in [2.45, 2.75) is 25.6 Å². The van der Waals surface area contributed by atoms with Crippen molar-refractivity contribution in [3.63, 3.8) is 0 Å². The Morgan fingerprint density at radius 3 is 2.60 bits per heavy atom. The van der Waals surface area contributed by atoms with Gasteiger partial charge in [-0.15, -0.1) is 0 Å². The second-order valence-electron chi connectivity index (χ2n) is 6.49. The third-order valence-corrected chi connectivity index (χ3v) is 5.29. The second-order valence-corrected chi connectivity index (χ2v) is 6.49. The van der Waals surface area contributed by atoms with Gasteiger partial charge in [-0.25, -0.2) is 4.39 Å². The van der Waals surface area contributed by atoms with Gasteiger partial charge < -0.3 is 10.6 Å². The van der Waals surface area contributed by atoms with Crippen molar-refractivity contribution in [2.75, 3.05) is 13.6 Å². The minimum atomic E-state index is -0.681. The zero-order valence-corrected chi connectivity index (χ0v) is 12.0. The van der Waals surface area contributed by atoms with E-state index in [1.807, 2.05) is 7.05 Å². The van der Waals surface area contributed by atoms with Crippen molar-refractivity contribution in [2.24, 2.45) is 17.8 Å². The molecular formula is C17H21FN2. The Balaban J connectivity index is 1.31. The molecule has 2 nitrogen and oxygen atoms in total. The molecule has 0 aromatic carbocycles. The molecule has 3 atom stereocenters. The van der Waals surface area contributed by atoms with Crippen molar-refractivity contribution >= 4 is 0 Å². The van der Waals surface area contributed by atoms with Crippen LogP contribution in [0.5, 0.6) is 0 Å². The van der Waals surface area contributed by atoms with Crippen LogP contribution in [0.2, 0.25) is 0 Å². The van der Waals surface area contributed by atoms with Crippen LogP contribution >= 0.6 is 0 Å². The monoisotopic (exact) mass is 272 g/mol. The number of nitrogens with one attached hydrogen (secondary N) is 2. The van der Waals surface area contributed by atoms with Crippen molar-refractivity contribution in [3.05, 3.63) is 46.7 Å². The Hall–Kier alpha value is -1.35. The summed E-state index contributed by atoms with van der Waals surface area (Å²) in [6, 6.07) is 0.487. The summed E-state index contributed by atoms with van der Waals surface area (Å²) in [5.74, 6) is 1.51. The lowest BCUT2D eigenvalue weighted by Crippen LogP contribution is -2.34.